The second-order valence-electron chi connectivity index (χ2n) is 12.6. The molecule has 1 heterocycles. The number of hydrogen-bond acceptors (Lipinski definition) is 6. The highest BCUT2D eigenvalue weighted by molar-refractivity contribution is 6.38. The van der Waals surface area contributed by atoms with Gasteiger partial charge < -0.3 is 25.6 Å². The number of Topliss-reactive ketones (excluding diaryl/α,β-unsaturated/α-hetero) is 1. The van der Waals surface area contributed by atoms with Crippen LogP contribution in [0, 0.1) is 23.2 Å². The van der Waals surface area contributed by atoms with Gasteiger partial charge in [0.2, 0.25) is 17.6 Å². The maximum atomic E-state index is 13.9. The Morgan fingerprint density at radius 1 is 1.08 bits per heavy atom. The Kier molecular flexibility index (Phi) is 10.5. The largest absolute Gasteiger partial charge is 0.444 e. The number of allylic oxidation sites excluding steroid dienone is 1. The molecule has 10 nitrogen and oxygen atoms in total. The Bertz CT molecular complexity index is 983. The summed E-state index contributed by atoms with van der Waals surface area (Å²) < 4.78 is 5.37. The molecule has 0 aromatic carbocycles. The molecule has 0 aromatic rings. The molecule has 1 saturated carbocycles. The van der Waals surface area contributed by atoms with E-state index in [1.165, 1.54) is 11.0 Å². The number of amides is 4. The fourth-order valence-corrected chi connectivity index (χ4v) is 5.72. The van der Waals surface area contributed by atoms with Gasteiger partial charge >= 0.3 is 6.09 Å². The van der Waals surface area contributed by atoms with E-state index < -0.39 is 47.4 Å². The van der Waals surface area contributed by atoms with Crippen LogP contribution in [0.4, 0.5) is 4.79 Å². The molecule has 0 radical (unpaired) electrons. The van der Waals surface area contributed by atoms with Gasteiger partial charge in [-0.2, -0.15) is 0 Å². The first-order chi connectivity index (χ1) is 18.0. The van der Waals surface area contributed by atoms with E-state index in [-0.39, 0.29) is 42.0 Å². The predicted molar refractivity (Wildman–Crippen MR) is 148 cm³/mol. The van der Waals surface area contributed by atoms with E-state index in [9.17, 15) is 24.0 Å². The molecule has 2 fully saturated rings. The van der Waals surface area contributed by atoms with Crippen molar-refractivity contribution in [2.75, 3.05) is 13.1 Å². The molecule has 1 aliphatic carbocycles. The van der Waals surface area contributed by atoms with Crippen LogP contribution in [0.3, 0.4) is 0 Å². The van der Waals surface area contributed by atoms with Crippen LogP contribution in [-0.2, 0) is 23.9 Å². The van der Waals surface area contributed by atoms with E-state index >= 15 is 0 Å². The van der Waals surface area contributed by atoms with Crippen molar-refractivity contribution < 1.29 is 28.7 Å². The smallest absolute Gasteiger partial charge is 0.408 e. The number of hydrogen-bond donors (Lipinski definition) is 3. The number of ketones is 1. The van der Waals surface area contributed by atoms with Crippen molar-refractivity contribution in [1.82, 2.24) is 20.9 Å². The topological polar surface area (TPSA) is 134 Å². The molecule has 1 saturated heterocycles. The lowest BCUT2D eigenvalue weighted by Crippen LogP contribution is -2.60. The van der Waals surface area contributed by atoms with Crippen LogP contribution < -0.4 is 16.0 Å². The molecule has 218 valence electrons. The minimum absolute atomic E-state index is 0.118. The number of ether oxygens (including phenoxy) is 1. The van der Waals surface area contributed by atoms with Crippen molar-refractivity contribution >= 4 is 29.6 Å². The van der Waals surface area contributed by atoms with Gasteiger partial charge in [-0.25, -0.2) is 4.79 Å². The summed E-state index contributed by atoms with van der Waals surface area (Å²) in [5.41, 5.74) is -0.936. The van der Waals surface area contributed by atoms with Crippen LogP contribution >= 0.6 is 0 Å². The van der Waals surface area contributed by atoms with E-state index in [1.807, 2.05) is 13.8 Å². The fraction of sp³-hybridized carbons (Fsp3) is 0.690. The van der Waals surface area contributed by atoms with Crippen LogP contribution in [0.2, 0.25) is 0 Å². The molecule has 0 spiro atoms. The van der Waals surface area contributed by atoms with E-state index in [1.54, 1.807) is 26.8 Å². The summed E-state index contributed by atoms with van der Waals surface area (Å²) in [4.78, 5) is 67.0. The van der Waals surface area contributed by atoms with Gasteiger partial charge in [0.25, 0.3) is 5.91 Å². The van der Waals surface area contributed by atoms with Crippen molar-refractivity contribution in [1.29, 1.82) is 0 Å². The zero-order valence-electron chi connectivity index (χ0n) is 24.5. The Morgan fingerprint density at radius 2 is 1.72 bits per heavy atom. The Balaban J connectivity index is 2.33. The van der Waals surface area contributed by atoms with Gasteiger partial charge in [0.15, 0.2) is 0 Å². The third-order valence-corrected chi connectivity index (χ3v) is 7.39. The van der Waals surface area contributed by atoms with Gasteiger partial charge in [0, 0.05) is 13.1 Å². The number of rotatable bonds is 12. The average molecular weight is 547 g/mol. The predicted octanol–water partition coefficient (Wildman–Crippen LogP) is 2.73. The molecule has 2 aliphatic rings. The van der Waals surface area contributed by atoms with E-state index in [0.717, 1.165) is 6.42 Å². The van der Waals surface area contributed by atoms with Crippen molar-refractivity contribution in [3.05, 3.63) is 25.3 Å². The molecule has 3 N–H and O–H groups in total. The maximum Gasteiger partial charge on any atom is 0.408 e. The minimum Gasteiger partial charge on any atom is -0.444 e. The molecule has 4 amide bonds. The standard InChI is InChI=1S/C29H46N4O6/c1-10-12-13-19(23(34)25(36)30-14-11-2)31-24(35)22-20-18(15-29(20,8)9)16-33(22)26(37)21(17(3)4)32-27(38)39-28(5,6)7/h10-11,17-22H,1-2,12-16H2,3-9H3,(H,30,36)(H,31,35)(H,32,38)/t18-,19?,20-,21-,22-/m0/s1. The number of nitrogens with one attached hydrogen (secondary N) is 3. The fourth-order valence-electron chi connectivity index (χ4n) is 5.72. The number of nitrogens with zero attached hydrogens (tertiary/aromatic N) is 1. The summed E-state index contributed by atoms with van der Waals surface area (Å²) in [5, 5.41) is 7.92. The quantitative estimate of drug-likeness (QED) is 0.255. The highest BCUT2D eigenvalue weighted by atomic mass is 16.6. The van der Waals surface area contributed by atoms with Crippen molar-refractivity contribution in [2.45, 2.75) is 91.5 Å². The molecule has 1 aliphatic heterocycles. The number of alkyl carbamates (subject to hydrolysis) is 1. The Labute approximate surface area is 232 Å². The Hall–Kier alpha value is -3.17. The van der Waals surface area contributed by atoms with Crippen LogP contribution in [0.1, 0.15) is 67.7 Å². The third kappa shape index (κ3) is 7.92. The lowest BCUT2D eigenvalue weighted by atomic mass is 9.55. The molecular weight excluding hydrogens is 500 g/mol. The number of fused-ring (bicyclic) bond motifs is 1. The summed E-state index contributed by atoms with van der Waals surface area (Å²) in [6.45, 7) is 20.7. The number of likely N-dealkylation sites (tertiary alicyclic amines) is 1. The van der Waals surface area contributed by atoms with Gasteiger partial charge in [0.05, 0.1) is 6.04 Å². The average Bonchev–Trinajstić information content (AvgIpc) is 3.16. The summed E-state index contributed by atoms with van der Waals surface area (Å²) in [7, 11) is 0. The molecular formula is C29H46N4O6. The van der Waals surface area contributed by atoms with Crippen LogP contribution in [0.5, 0.6) is 0 Å². The van der Waals surface area contributed by atoms with Crippen molar-refractivity contribution in [3.8, 4) is 0 Å². The summed E-state index contributed by atoms with van der Waals surface area (Å²) >= 11 is 0. The SMILES string of the molecule is C=CCCC(NC(=O)[C@@H]1[C@@H]2[C@H](CN1C(=O)[C@@H](NC(=O)OC(C)(C)C)C(C)C)CC2(C)C)C(=O)C(=O)NCC=C. The van der Waals surface area contributed by atoms with Gasteiger partial charge in [-0.05, 0) is 63.2 Å². The highest BCUT2D eigenvalue weighted by Gasteiger charge is 2.61. The van der Waals surface area contributed by atoms with E-state index in [4.69, 9.17) is 4.74 Å². The van der Waals surface area contributed by atoms with Gasteiger partial charge in [0.1, 0.15) is 17.7 Å². The zero-order chi connectivity index (χ0) is 29.7. The van der Waals surface area contributed by atoms with E-state index in [0.29, 0.717) is 13.0 Å². The molecule has 5 atom stereocenters. The number of carbonyl (C=O) groups is 5. The molecule has 39 heavy (non-hydrogen) atoms. The zero-order valence-corrected chi connectivity index (χ0v) is 24.5. The summed E-state index contributed by atoms with van der Waals surface area (Å²) in [6, 6.07) is -2.82. The van der Waals surface area contributed by atoms with Crippen molar-refractivity contribution in [3.63, 3.8) is 0 Å². The normalized spacial score (nSPS) is 23.0. The van der Waals surface area contributed by atoms with Crippen LogP contribution in [-0.4, -0.2) is 71.3 Å². The summed E-state index contributed by atoms with van der Waals surface area (Å²) in [6.07, 6.45) is 3.81. The monoisotopic (exact) mass is 546 g/mol. The maximum absolute atomic E-state index is 13.9. The van der Waals surface area contributed by atoms with Crippen LogP contribution in [0.25, 0.3) is 0 Å². The highest BCUT2D eigenvalue weighted by Crippen LogP contribution is 2.57. The van der Waals surface area contributed by atoms with E-state index in [2.05, 4.69) is 43.0 Å². The lowest BCUT2D eigenvalue weighted by molar-refractivity contribution is -0.145. The van der Waals surface area contributed by atoms with Crippen LogP contribution in [0.15, 0.2) is 25.3 Å². The summed E-state index contributed by atoms with van der Waals surface area (Å²) in [5.74, 6) is -2.71. The second kappa shape index (κ2) is 12.8. The van der Waals surface area contributed by atoms with Gasteiger partial charge in [-0.15, -0.1) is 13.2 Å². The second-order valence-corrected chi connectivity index (χ2v) is 12.6. The first-order valence-corrected chi connectivity index (χ1v) is 13.7. The van der Waals surface area contributed by atoms with Gasteiger partial charge in [-0.1, -0.05) is 39.8 Å². The van der Waals surface area contributed by atoms with Gasteiger partial charge in [-0.3, -0.25) is 19.2 Å². The first kappa shape index (κ1) is 32.0. The number of carbonyl (C=O) groups excluding carboxylic acids is 5. The molecule has 2 rings (SSSR count). The molecule has 0 aromatic heterocycles. The minimum atomic E-state index is -1.07. The molecule has 0 bridgehead atoms. The first-order valence-electron chi connectivity index (χ1n) is 13.7. The van der Waals surface area contributed by atoms with Crippen molar-refractivity contribution in [2.24, 2.45) is 23.2 Å². The lowest BCUT2D eigenvalue weighted by Gasteiger charge is -2.49. The molecule has 1 unspecified atom stereocenters. The third-order valence-electron chi connectivity index (χ3n) is 7.39. The Morgan fingerprint density at radius 3 is 2.23 bits per heavy atom. The molecule has 10 heteroatoms.